The zero-order valence-corrected chi connectivity index (χ0v) is 11.1. The van der Waals surface area contributed by atoms with Crippen LogP contribution in [0, 0.1) is 6.92 Å². The van der Waals surface area contributed by atoms with E-state index in [0.29, 0.717) is 5.56 Å². The van der Waals surface area contributed by atoms with Crippen molar-refractivity contribution in [1.29, 1.82) is 0 Å². The number of hydrogen-bond donors (Lipinski definition) is 2. The molecule has 0 aliphatic rings. The second-order valence-corrected chi connectivity index (χ2v) is 5.04. The highest BCUT2D eigenvalue weighted by atomic mass is 32.1. The summed E-state index contributed by atoms with van der Waals surface area (Å²) >= 11 is 1.67. The molecule has 0 fully saturated rings. The molecule has 0 bridgehead atoms. The average Bonchev–Trinajstić information content (AvgIpc) is 2.81. The number of aryl methyl sites for hydroxylation is 1. The van der Waals surface area contributed by atoms with Crippen LogP contribution in [0.1, 0.15) is 34.5 Å². The SMILES string of the molecule is Cc1cc(NC(C)c2ccsc2)ccc1C(=O)O. The Morgan fingerprint density at radius 3 is 2.72 bits per heavy atom. The van der Waals surface area contributed by atoms with Gasteiger partial charge in [0.1, 0.15) is 0 Å². The number of nitrogens with one attached hydrogen (secondary N) is 1. The lowest BCUT2D eigenvalue weighted by Gasteiger charge is -2.15. The molecule has 0 aliphatic carbocycles. The Balaban J connectivity index is 2.15. The van der Waals surface area contributed by atoms with Crippen molar-refractivity contribution >= 4 is 23.0 Å². The second-order valence-electron chi connectivity index (χ2n) is 4.26. The van der Waals surface area contributed by atoms with Crippen molar-refractivity contribution in [3.8, 4) is 0 Å². The van der Waals surface area contributed by atoms with Crippen LogP contribution in [0.5, 0.6) is 0 Å². The van der Waals surface area contributed by atoms with Gasteiger partial charge in [0.25, 0.3) is 0 Å². The van der Waals surface area contributed by atoms with Gasteiger partial charge in [0.05, 0.1) is 5.56 Å². The Morgan fingerprint density at radius 2 is 2.17 bits per heavy atom. The van der Waals surface area contributed by atoms with Gasteiger partial charge in [0, 0.05) is 11.7 Å². The molecule has 2 rings (SSSR count). The molecular formula is C14H15NO2S. The van der Waals surface area contributed by atoms with Crippen LogP contribution in [-0.2, 0) is 0 Å². The third-order valence-electron chi connectivity index (χ3n) is 2.88. The van der Waals surface area contributed by atoms with E-state index in [1.807, 2.05) is 18.4 Å². The van der Waals surface area contributed by atoms with E-state index < -0.39 is 5.97 Å². The van der Waals surface area contributed by atoms with E-state index in [2.05, 4.69) is 23.7 Å². The van der Waals surface area contributed by atoms with Gasteiger partial charge in [-0.3, -0.25) is 0 Å². The predicted octanol–water partition coefficient (Wildman–Crippen LogP) is 3.93. The predicted molar refractivity (Wildman–Crippen MR) is 74.5 cm³/mol. The van der Waals surface area contributed by atoms with Gasteiger partial charge in [-0.05, 0) is 60.0 Å². The summed E-state index contributed by atoms with van der Waals surface area (Å²) < 4.78 is 0. The highest BCUT2D eigenvalue weighted by molar-refractivity contribution is 7.07. The molecule has 18 heavy (non-hydrogen) atoms. The smallest absolute Gasteiger partial charge is 0.335 e. The van der Waals surface area contributed by atoms with Gasteiger partial charge < -0.3 is 10.4 Å². The Hall–Kier alpha value is -1.81. The van der Waals surface area contributed by atoms with Crippen molar-refractivity contribution in [3.63, 3.8) is 0 Å². The van der Waals surface area contributed by atoms with Gasteiger partial charge in [-0.2, -0.15) is 11.3 Å². The van der Waals surface area contributed by atoms with E-state index in [4.69, 9.17) is 5.11 Å². The van der Waals surface area contributed by atoms with Crippen molar-refractivity contribution in [2.75, 3.05) is 5.32 Å². The molecule has 4 heteroatoms. The van der Waals surface area contributed by atoms with E-state index in [0.717, 1.165) is 11.3 Å². The average molecular weight is 261 g/mol. The molecule has 1 aromatic heterocycles. The van der Waals surface area contributed by atoms with Crippen LogP contribution in [0.2, 0.25) is 0 Å². The quantitative estimate of drug-likeness (QED) is 0.876. The number of benzene rings is 1. The van der Waals surface area contributed by atoms with Crippen LogP contribution in [0.4, 0.5) is 5.69 Å². The summed E-state index contributed by atoms with van der Waals surface area (Å²) in [7, 11) is 0. The Morgan fingerprint density at radius 1 is 1.39 bits per heavy atom. The Bertz CT molecular complexity index is 549. The van der Waals surface area contributed by atoms with Gasteiger partial charge in [0.15, 0.2) is 0 Å². The zero-order valence-electron chi connectivity index (χ0n) is 10.3. The monoisotopic (exact) mass is 261 g/mol. The third kappa shape index (κ3) is 2.71. The first kappa shape index (κ1) is 12.6. The number of rotatable bonds is 4. The molecule has 0 aliphatic heterocycles. The topological polar surface area (TPSA) is 49.3 Å². The number of thiophene rings is 1. The number of carboxylic acid groups (broad SMARTS) is 1. The van der Waals surface area contributed by atoms with Crippen LogP contribution < -0.4 is 5.32 Å². The van der Waals surface area contributed by atoms with Crippen molar-refractivity contribution in [1.82, 2.24) is 0 Å². The Labute approximate surface area is 110 Å². The Kier molecular flexibility index (Phi) is 3.67. The molecule has 1 unspecified atom stereocenters. The summed E-state index contributed by atoms with van der Waals surface area (Å²) in [5.74, 6) is -0.884. The minimum Gasteiger partial charge on any atom is -0.478 e. The fraction of sp³-hybridized carbons (Fsp3) is 0.214. The fourth-order valence-electron chi connectivity index (χ4n) is 1.85. The van der Waals surface area contributed by atoms with Crippen LogP contribution in [0.15, 0.2) is 35.0 Å². The van der Waals surface area contributed by atoms with Crippen LogP contribution >= 0.6 is 11.3 Å². The zero-order chi connectivity index (χ0) is 13.1. The number of carboxylic acids is 1. The molecule has 94 valence electrons. The lowest BCUT2D eigenvalue weighted by molar-refractivity contribution is 0.0696. The molecule has 2 N–H and O–H groups in total. The highest BCUT2D eigenvalue weighted by Gasteiger charge is 2.09. The second kappa shape index (κ2) is 5.23. The molecular weight excluding hydrogens is 246 g/mol. The fourth-order valence-corrected chi connectivity index (χ4v) is 2.60. The highest BCUT2D eigenvalue weighted by Crippen LogP contribution is 2.22. The third-order valence-corrected chi connectivity index (χ3v) is 3.58. The molecule has 3 nitrogen and oxygen atoms in total. The lowest BCUT2D eigenvalue weighted by atomic mass is 10.1. The van der Waals surface area contributed by atoms with E-state index in [9.17, 15) is 4.79 Å². The molecule has 0 spiro atoms. The number of aromatic carboxylic acids is 1. The summed E-state index contributed by atoms with van der Waals surface area (Å²) in [4.78, 5) is 10.9. The molecule has 0 saturated heterocycles. The summed E-state index contributed by atoms with van der Waals surface area (Å²) in [6.45, 7) is 3.90. The van der Waals surface area contributed by atoms with Crippen LogP contribution in [0.25, 0.3) is 0 Å². The maximum atomic E-state index is 10.9. The van der Waals surface area contributed by atoms with E-state index in [-0.39, 0.29) is 6.04 Å². The van der Waals surface area contributed by atoms with Crippen molar-refractivity contribution < 1.29 is 9.90 Å². The van der Waals surface area contributed by atoms with Gasteiger partial charge in [-0.25, -0.2) is 4.79 Å². The first-order valence-corrected chi connectivity index (χ1v) is 6.65. The van der Waals surface area contributed by atoms with Crippen molar-refractivity contribution in [2.24, 2.45) is 0 Å². The van der Waals surface area contributed by atoms with Gasteiger partial charge in [-0.1, -0.05) is 0 Å². The van der Waals surface area contributed by atoms with Gasteiger partial charge in [-0.15, -0.1) is 0 Å². The van der Waals surface area contributed by atoms with E-state index in [1.54, 1.807) is 23.5 Å². The van der Waals surface area contributed by atoms with Gasteiger partial charge in [0.2, 0.25) is 0 Å². The number of carbonyl (C=O) groups is 1. The minimum atomic E-state index is -0.884. The molecule has 1 heterocycles. The van der Waals surface area contributed by atoms with E-state index in [1.165, 1.54) is 5.56 Å². The molecule has 0 radical (unpaired) electrons. The maximum absolute atomic E-state index is 10.9. The van der Waals surface area contributed by atoms with E-state index >= 15 is 0 Å². The molecule has 0 saturated carbocycles. The largest absolute Gasteiger partial charge is 0.478 e. The first-order valence-electron chi connectivity index (χ1n) is 5.70. The van der Waals surface area contributed by atoms with Crippen molar-refractivity contribution in [2.45, 2.75) is 19.9 Å². The van der Waals surface area contributed by atoms with Crippen molar-refractivity contribution in [3.05, 3.63) is 51.7 Å². The summed E-state index contributed by atoms with van der Waals surface area (Å²) in [6.07, 6.45) is 0. The number of hydrogen-bond acceptors (Lipinski definition) is 3. The standard InChI is InChI=1S/C14H15NO2S/c1-9-7-12(3-4-13(9)14(16)17)15-10(2)11-5-6-18-8-11/h3-8,10,15H,1-2H3,(H,16,17). The normalized spacial score (nSPS) is 12.1. The van der Waals surface area contributed by atoms with Gasteiger partial charge >= 0.3 is 5.97 Å². The maximum Gasteiger partial charge on any atom is 0.335 e. The summed E-state index contributed by atoms with van der Waals surface area (Å²) in [5, 5.41) is 16.5. The van der Waals surface area contributed by atoms with Crippen LogP contribution in [0.3, 0.4) is 0 Å². The molecule has 0 amide bonds. The lowest BCUT2D eigenvalue weighted by Crippen LogP contribution is -2.07. The van der Waals surface area contributed by atoms with Crippen LogP contribution in [-0.4, -0.2) is 11.1 Å². The molecule has 2 aromatic rings. The number of anilines is 1. The summed E-state index contributed by atoms with van der Waals surface area (Å²) in [5.41, 5.74) is 3.30. The minimum absolute atomic E-state index is 0.214. The summed E-state index contributed by atoms with van der Waals surface area (Å²) in [6, 6.07) is 7.61. The molecule has 1 aromatic carbocycles. The molecule has 1 atom stereocenters. The first-order chi connectivity index (χ1) is 8.58.